The van der Waals surface area contributed by atoms with Crippen LogP contribution in [0.1, 0.15) is 51.1 Å². The number of aromatic nitrogens is 4. The predicted octanol–water partition coefficient (Wildman–Crippen LogP) is 3.28. The summed E-state index contributed by atoms with van der Waals surface area (Å²) in [6.07, 6.45) is 9.03. The number of nitrogens with one attached hydrogen (secondary N) is 1. The first kappa shape index (κ1) is 22.0. The topological polar surface area (TPSA) is 84.7 Å². The monoisotopic (exact) mass is 448 g/mol. The lowest BCUT2D eigenvalue weighted by atomic mass is 9.83. The maximum Gasteiger partial charge on any atom is 0.239 e. The molecule has 5 heterocycles. The van der Waals surface area contributed by atoms with Crippen LogP contribution in [0.5, 0.6) is 5.88 Å². The minimum absolute atomic E-state index is 0.0260. The first-order chi connectivity index (χ1) is 16.1. The molecule has 2 aliphatic heterocycles. The molecular formula is C25H32N6O2. The molecule has 2 unspecified atom stereocenters. The quantitative estimate of drug-likeness (QED) is 0.611. The molecule has 33 heavy (non-hydrogen) atoms. The third kappa shape index (κ3) is 4.50. The van der Waals surface area contributed by atoms with E-state index in [-0.39, 0.29) is 18.0 Å². The lowest BCUT2D eigenvalue weighted by Gasteiger charge is -2.24. The molecule has 3 aromatic heterocycles. The number of rotatable bonds is 1. The summed E-state index contributed by atoms with van der Waals surface area (Å²) in [6, 6.07) is 5.98. The highest BCUT2D eigenvalue weighted by Gasteiger charge is 2.27. The molecule has 2 aliphatic rings. The number of ketones is 1. The molecule has 1 saturated heterocycles. The van der Waals surface area contributed by atoms with Gasteiger partial charge in [0.15, 0.2) is 0 Å². The van der Waals surface area contributed by atoms with Crippen molar-refractivity contribution >= 4 is 11.3 Å². The van der Waals surface area contributed by atoms with Crippen LogP contribution < -0.4 is 10.1 Å². The molecule has 0 spiro atoms. The maximum atomic E-state index is 13.1. The summed E-state index contributed by atoms with van der Waals surface area (Å²) >= 11 is 0. The zero-order valence-electron chi connectivity index (χ0n) is 19.4. The summed E-state index contributed by atoms with van der Waals surface area (Å²) in [6.45, 7) is 7.60. The van der Waals surface area contributed by atoms with Crippen LogP contribution in [0.2, 0.25) is 0 Å². The number of hydrogen-bond acceptors (Lipinski definition) is 7. The maximum absolute atomic E-state index is 13.1. The summed E-state index contributed by atoms with van der Waals surface area (Å²) in [4.78, 5) is 29.4. The molecule has 4 bridgehead atoms. The van der Waals surface area contributed by atoms with E-state index < -0.39 is 0 Å². The molecule has 1 fully saturated rings. The van der Waals surface area contributed by atoms with Crippen LogP contribution in [0.3, 0.4) is 0 Å². The van der Waals surface area contributed by atoms with Crippen molar-refractivity contribution in [2.75, 3.05) is 26.2 Å². The van der Waals surface area contributed by atoms with E-state index in [0.29, 0.717) is 24.7 Å². The summed E-state index contributed by atoms with van der Waals surface area (Å²) in [5.74, 6) is 0.926. The van der Waals surface area contributed by atoms with Gasteiger partial charge in [0.25, 0.3) is 0 Å². The smallest absolute Gasteiger partial charge is 0.239 e. The third-order valence-electron chi connectivity index (χ3n) is 7.07. The molecule has 1 N–H and O–H groups in total. The molecule has 0 aromatic carbocycles. The van der Waals surface area contributed by atoms with Crippen LogP contribution in [-0.2, 0) is 4.79 Å². The Bertz CT molecular complexity index is 1130. The second-order valence-corrected chi connectivity index (χ2v) is 9.10. The van der Waals surface area contributed by atoms with Gasteiger partial charge in [-0.1, -0.05) is 13.8 Å². The molecule has 174 valence electrons. The average molecular weight is 449 g/mol. The van der Waals surface area contributed by atoms with Gasteiger partial charge in [-0.05, 0) is 44.0 Å². The number of carbonyl (C=O) groups excluding carboxylic acids is 1. The Morgan fingerprint density at radius 1 is 1.21 bits per heavy atom. The Morgan fingerprint density at radius 2 is 2.12 bits per heavy atom. The van der Waals surface area contributed by atoms with Gasteiger partial charge >= 0.3 is 0 Å². The Balaban J connectivity index is 1.55. The Labute approximate surface area is 194 Å². The highest BCUT2D eigenvalue weighted by Crippen LogP contribution is 2.30. The molecule has 8 nitrogen and oxygen atoms in total. The number of Topliss-reactive ketones (excluding diaryl/α,β-unsaturated/α-hetero) is 1. The lowest BCUT2D eigenvalue weighted by molar-refractivity contribution is -0.123. The molecule has 0 saturated carbocycles. The average Bonchev–Trinajstić information content (AvgIpc) is 3.49. The van der Waals surface area contributed by atoms with E-state index in [9.17, 15) is 4.79 Å². The molecule has 0 aliphatic carbocycles. The van der Waals surface area contributed by atoms with Crippen molar-refractivity contribution in [1.82, 2.24) is 29.6 Å². The first-order valence-corrected chi connectivity index (χ1v) is 12.1. The Morgan fingerprint density at radius 3 is 3.00 bits per heavy atom. The van der Waals surface area contributed by atoms with Gasteiger partial charge in [0.05, 0.1) is 11.9 Å². The van der Waals surface area contributed by atoms with Gasteiger partial charge in [0, 0.05) is 49.4 Å². The SMILES string of the molecule is CCC1C(=O)CCCCN2CCNC2COc2nc(cn3cccc23)-c2cc(ncn2)[C@@H]1C. The van der Waals surface area contributed by atoms with Gasteiger partial charge < -0.3 is 9.14 Å². The molecule has 0 amide bonds. The van der Waals surface area contributed by atoms with Gasteiger partial charge in [0.2, 0.25) is 5.88 Å². The van der Waals surface area contributed by atoms with E-state index in [1.165, 1.54) is 0 Å². The summed E-state index contributed by atoms with van der Waals surface area (Å²) in [7, 11) is 0. The molecule has 8 heteroatoms. The van der Waals surface area contributed by atoms with Crippen LogP contribution in [0.25, 0.3) is 16.9 Å². The number of carbonyl (C=O) groups is 1. The molecule has 0 radical (unpaired) electrons. The molecule has 5 rings (SSSR count). The van der Waals surface area contributed by atoms with E-state index in [1.54, 1.807) is 6.33 Å². The fraction of sp³-hybridized carbons (Fsp3) is 0.520. The minimum atomic E-state index is -0.0385. The molecule has 3 aromatic rings. The van der Waals surface area contributed by atoms with Crippen molar-refractivity contribution in [1.29, 1.82) is 0 Å². The van der Waals surface area contributed by atoms with Crippen LogP contribution in [0, 0.1) is 5.92 Å². The van der Waals surface area contributed by atoms with E-state index >= 15 is 0 Å². The van der Waals surface area contributed by atoms with Gasteiger partial charge in [-0.3, -0.25) is 15.0 Å². The zero-order valence-corrected chi connectivity index (χ0v) is 19.4. The minimum Gasteiger partial charge on any atom is -0.473 e. The van der Waals surface area contributed by atoms with E-state index in [2.05, 4.69) is 34.0 Å². The van der Waals surface area contributed by atoms with Crippen LogP contribution in [0.4, 0.5) is 0 Å². The normalized spacial score (nSPS) is 24.9. The highest BCUT2D eigenvalue weighted by molar-refractivity contribution is 5.81. The standard InChI is InChI=1S/C25H32N6O2/c1-3-18-17(2)19-13-20(28-16-27-19)21-14-31-11-6-7-22(31)25(29-21)33-15-24-26-9-12-30(24)10-5-4-8-23(18)32/h6-7,11,13-14,16-18,24,26H,3-5,8-10,12,15H2,1-2H3/t17-,18?,24?/m1/s1. The van der Waals surface area contributed by atoms with Crippen molar-refractivity contribution in [3.63, 3.8) is 0 Å². The molecule has 3 atom stereocenters. The zero-order chi connectivity index (χ0) is 22.8. The fourth-order valence-corrected chi connectivity index (χ4v) is 5.12. The first-order valence-electron chi connectivity index (χ1n) is 12.1. The Kier molecular flexibility index (Phi) is 6.37. The number of nitrogens with zero attached hydrogens (tertiary/aromatic N) is 5. The van der Waals surface area contributed by atoms with Crippen LogP contribution >= 0.6 is 0 Å². The van der Waals surface area contributed by atoms with Gasteiger partial charge in [-0.15, -0.1) is 0 Å². The lowest BCUT2D eigenvalue weighted by Crippen LogP contribution is -2.41. The fourth-order valence-electron chi connectivity index (χ4n) is 5.12. The van der Waals surface area contributed by atoms with Crippen molar-refractivity contribution in [2.45, 2.75) is 51.6 Å². The van der Waals surface area contributed by atoms with Crippen molar-refractivity contribution in [3.05, 3.63) is 42.6 Å². The predicted molar refractivity (Wildman–Crippen MR) is 126 cm³/mol. The second kappa shape index (κ2) is 9.57. The number of hydrogen-bond donors (Lipinski definition) is 1. The summed E-state index contributed by atoms with van der Waals surface area (Å²) in [5.41, 5.74) is 3.27. The van der Waals surface area contributed by atoms with Gasteiger partial charge in [-0.25, -0.2) is 15.0 Å². The highest BCUT2D eigenvalue weighted by atomic mass is 16.5. The second-order valence-electron chi connectivity index (χ2n) is 9.10. The molecular weight excluding hydrogens is 416 g/mol. The number of ether oxygens (including phenoxy) is 1. The summed E-state index contributed by atoms with van der Waals surface area (Å²) < 4.78 is 8.29. The van der Waals surface area contributed by atoms with E-state index in [1.807, 2.05) is 35.0 Å². The van der Waals surface area contributed by atoms with Gasteiger partial charge in [-0.2, -0.15) is 0 Å². The Hall–Kier alpha value is -2.84. The number of fused-ring (bicyclic) bond motifs is 8. The summed E-state index contributed by atoms with van der Waals surface area (Å²) in [5, 5.41) is 3.54. The third-order valence-corrected chi connectivity index (χ3v) is 7.07. The van der Waals surface area contributed by atoms with E-state index in [4.69, 9.17) is 9.72 Å². The van der Waals surface area contributed by atoms with Gasteiger partial charge in [0.1, 0.15) is 29.9 Å². The van der Waals surface area contributed by atoms with Crippen molar-refractivity contribution < 1.29 is 9.53 Å². The van der Waals surface area contributed by atoms with Crippen molar-refractivity contribution in [3.8, 4) is 17.3 Å². The van der Waals surface area contributed by atoms with E-state index in [0.717, 1.165) is 61.5 Å². The van der Waals surface area contributed by atoms with Crippen LogP contribution in [-0.4, -0.2) is 62.4 Å². The van der Waals surface area contributed by atoms with Crippen molar-refractivity contribution in [2.24, 2.45) is 5.92 Å². The van der Waals surface area contributed by atoms with Crippen LogP contribution in [0.15, 0.2) is 36.9 Å². The largest absolute Gasteiger partial charge is 0.473 e.